The third-order valence-electron chi connectivity index (χ3n) is 7.47. The van der Waals surface area contributed by atoms with Gasteiger partial charge in [-0.05, 0) is 49.1 Å². The number of anilines is 1. The average Bonchev–Trinajstić information content (AvgIpc) is 3.56. The van der Waals surface area contributed by atoms with E-state index >= 15 is 0 Å². The van der Waals surface area contributed by atoms with Crippen molar-refractivity contribution in [3.8, 4) is 16.9 Å². The van der Waals surface area contributed by atoms with Crippen LogP contribution in [0.3, 0.4) is 0 Å². The zero-order chi connectivity index (χ0) is 26.0. The summed E-state index contributed by atoms with van der Waals surface area (Å²) in [6, 6.07) is 11.6. The largest absolute Gasteiger partial charge is 0.497 e. The summed E-state index contributed by atoms with van der Waals surface area (Å²) in [4.78, 5) is 36.5. The van der Waals surface area contributed by atoms with Gasteiger partial charge in [0.05, 0.1) is 38.2 Å². The Labute approximate surface area is 216 Å². The second-order valence-corrected chi connectivity index (χ2v) is 9.49. The molecule has 37 heavy (non-hydrogen) atoms. The zero-order valence-corrected chi connectivity index (χ0v) is 21.4. The van der Waals surface area contributed by atoms with Gasteiger partial charge in [0.15, 0.2) is 0 Å². The molecule has 10 nitrogen and oxygen atoms in total. The third-order valence-corrected chi connectivity index (χ3v) is 7.47. The van der Waals surface area contributed by atoms with Crippen molar-refractivity contribution in [2.24, 2.45) is 0 Å². The molecule has 10 heteroatoms. The minimum atomic E-state index is -0.429. The summed E-state index contributed by atoms with van der Waals surface area (Å²) in [5.41, 5.74) is 3.44. The molecule has 4 heterocycles. The number of carbonyl (C=O) groups excluding carboxylic acids is 2. The third kappa shape index (κ3) is 4.59. The second kappa shape index (κ2) is 10.1. The molecule has 2 aliphatic heterocycles. The predicted octanol–water partition coefficient (Wildman–Crippen LogP) is 4.09. The fourth-order valence-electron chi connectivity index (χ4n) is 5.40. The maximum Gasteiger partial charge on any atom is 0.409 e. The minimum absolute atomic E-state index is 0.0834. The lowest BCUT2D eigenvalue weighted by Gasteiger charge is -2.43. The van der Waals surface area contributed by atoms with Crippen LogP contribution in [0.2, 0.25) is 0 Å². The van der Waals surface area contributed by atoms with Crippen LogP contribution in [0, 0.1) is 0 Å². The number of amides is 3. The quantitative estimate of drug-likeness (QED) is 0.542. The van der Waals surface area contributed by atoms with E-state index in [4.69, 9.17) is 14.5 Å². The highest BCUT2D eigenvalue weighted by molar-refractivity contribution is 5.95. The first kappa shape index (κ1) is 24.6. The maximum absolute atomic E-state index is 14.0. The Morgan fingerprint density at radius 3 is 2.65 bits per heavy atom. The summed E-state index contributed by atoms with van der Waals surface area (Å²) >= 11 is 0. The van der Waals surface area contributed by atoms with Gasteiger partial charge in [-0.25, -0.2) is 14.6 Å². The lowest BCUT2D eigenvalue weighted by Crippen LogP contribution is -2.55. The van der Waals surface area contributed by atoms with Crippen molar-refractivity contribution in [3.05, 3.63) is 60.0 Å². The number of rotatable bonds is 6. The molecular weight excluding hydrogens is 472 g/mol. The Hall–Kier alpha value is -4.08. The molecule has 2 aliphatic rings. The lowest BCUT2D eigenvalue weighted by molar-refractivity contribution is 0.0615. The molecule has 3 aromatic rings. The van der Waals surface area contributed by atoms with E-state index in [1.165, 1.54) is 7.11 Å². The first-order valence-electron chi connectivity index (χ1n) is 12.5. The van der Waals surface area contributed by atoms with Crippen molar-refractivity contribution in [2.45, 2.75) is 38.3 Å². The molecule has 194 valence electrons. The Morgan fingerprint density at radius 2 is 1.97 bits per heavy atom. The normalized spacial score (nSPS) is 16.9. The highest BCUT2D eigenvalue weighted by Crippen LogP contribution is 2.40. The number of pyridine rings is 1. The molecule has 1 N–H and O–H groups in total. The van der Waals surface area contributed by atoms with Crippen LogP contribution in [-0.2, 0) is 17.7 Å². The number of benzene rings is 1. The van der Waals surface area contributed by atoms with Crippen LogP contribution in [0.4, 0.5) is 15.4 Å². The van der Waals surface area contributed by atoms with Crippen LogP contribution in [0.1, 0.15) is 31.0 Å². The highest BCUT2D eigenvalue weighted by Gasteiger charge is 2.52. The smallest absolute Gasteiger partial charge is 0.409 e. The van der Waals surface area contributed by atoms with E-state index in [2.05, 4.69) is 17.1 Å². The highest BCUT2D eigenvalue weighted by atomic mass is 16.5. The summed E-state index contributed by atoms with van der Waals surface area (Å²) in [6.45, 7) is 4.05. The topological polar surface area (TPSA) is 104 Å². The van der Waals surface area contributed by atoms with Gasteiger partial charge in [-0.15, -0.1) is 0 Å². The second-order valence-electron chi connectivity index (χ2n) is 9.49. The molecule has 0 bridgehead atoms. The number of nitrogens with zero attached hydrogens (tertiary/aromatic N) is 5. The van der Waals surface area contributed by atoms with Crippen molar-refractivity contribution < 1.29 is 19.1 Å². The van der Waals surface area contributed by atoms with Gasteiger partial charge < -0.3 is 19.3 Å². The summed E-state index contributed by atoms with van der Waals surface area (Å²) in [6.07, 6.45) is 5.32. The van der Waals surface area contributed by atoms with Crippen molar-refractivity contribution in [1.29, 1.82) is 0 Å². The van der Waals surface area contributed by atoms with E-state index < -0.39 is 5.54 Å². The van der Waals surface area contributed by atoms with Crippen LogP contribution in [0.5, 0.6) is 5.75 Å². The molecule has 3 amide bonds. The fraction of sp³-hybridized carbons (Fsp3) is 0.407. The molecule has 2 saturated heterocycles. The Bertz CT molecular complexity index is 1270. The van der Waals surface area contributed by atoms with Gasteiger partial charge in [0, 0.05) is 37.0 Å². The number of aryl methyl sites for hydroxylation is 1. The van der Waals surface area contributed by atoms with Crippen molar-refractivity contribution in [2.75, 3.05) is 38.8 Å². The van der Waals surface area contributed by atoms with Gasteiger partial charge in [0.2, 0.25) is 0 Å². The monoisotopic (exact) mass is 504 g/mol. The summed E-state index contributed by atoms with van der Waals surface area (Å²) < 4.78 is 10.3. The number of ether oxygens (including phenoxy) is 2. The van der Waals surface area contributed by atoms with Crippen molar-refractivity contribution >= 4 is 17.9 Å². The molecule has 1 spiro atoms. The molecule has 0 aliphatic carbocycles. The molecule has 5 rings (SSSR count). The van der Waals surface area contributed by atoms with E-state index in [9.17, 15) is 9.59 Å². The van der Waals surface area contributed by atoms with Gasteiger partial charge in [-0.2, -0.15) is 5.10 Å². The van der Waals surface area contributed by atoms with Crippen LogP contribution in [-0.4, -0.2) is 76.5 Å². The number of aromatic amines is 1. The summed E-state index contributed by atoms with van der Waals surface area (Å²) in [5, 5.41) is 6.91. The van der Waals surface area contributed by atoms with Crippen LogP contribution in [0.15, 0.2) is 48.8 Å². The number of nitrogens with one attached hydrogen (secondary N) is 1. The summed E-state index contributed by atoms with van der Waals surface area (Å²) in [7, 11) is 3.03. The first-order chi connectivity index (χ1) is 18.0. The molecule has 0 atom stereocenters. The number of likely N-dealkylation sites (tertiary alicyclic amines) is 1. The van der Waals surface area contributed by atoms with Gasteiger partial charge in [0.1, 0.15) is 11.6 Å². The summed E-state index contributed by atoms with van der Waals surface area (Å²) in [5.74, 6) is 1.39. The fourth-order valence-corrected chi connectivity index (χ4v) is 5.40. The number of carbonyl (C=O) groups is 2. The van der Waals surface area contributed by atoms with E-state index in [1.54, 1.807) is 23.1 Å². The molecule has 1 aromatic carbocycles. The van der Waals surface area contributed by atoms with Crippen LogP contribution >= 0.6 is 0 Å². The van der Waals surface area contributed by atoms with Crippen LogP contribution in [0.25, 0.3) is 11.1 Å². The average molecular weight is 505 g/mol. The van der Waals surface area contributed by atoms with E-state index in [0.717, 1.165) is 34.6 Å². The number of hydrogen-bond acceptors (Lipinski definition) is 6. The zero-order valence-electron chi connectivity index (χ0n) is 21.4. The van der Waals surface area contributed by atoms with Gasteiger partial charge in [-0.1, -0.05) is 19.1 Å². The van der Waals surface area contributed by atoms with Crippen molar-refractivity contribution in [1.82, 2.24) is 25.0 Å². The molecular formula is C27H32N6O4. The van der Waals surface area contributed by atoms with Gasteiger partial charge in [-0.3, -0.25) is 10.00 Å². The molecule has 0 radical (unpaired) electrons. The standard InChI is InChI=1S/C27H32N6O4/c1-4-23-22(20-15-28-29-16-20)8-9-24(30-23)32-18-27(10-12-31(13-11-27)26(35)37-3)33(25(32)34)17-19-6-5-7-21(14-19)36-2/h5-9,14-16H,4,10-13,17-18H2,1-3H3,(H,28,29). The Morgan fingerprint density at radius 1 is 1.16 bits per heavy atom. The van der Waals surface area contributed by atoms with Gasteiger partial charge >= 0.3 is 12.1 Å². The number of methoxy groups -OCH3 is 2. The molecule has 0 unspecified atom stereocenters. The number of hydrogen-bond donors (Lipinski definition) is 1. The van der Waals surface area contributed by atoms with E-state index in [1.807, 2.05) is 47.5 Å². The first-order valence-corrected chi connectivity index (χ1v) is 12.5. The number of urea groups is 1. The number of aromatic nitrogens is 3. The Balaban J connectivity index is 1.47. The maximum atomic E-state index is 14.0. The SMILES string of the molecule is CCc1nc(N2CC3(CCN(C(=O)OC)CC3)N(Cc3cccc(OC)c3)C2=O)ccc1-c1cn[nH]c1. The van der Waals surface area contributed by atoms with Crippen LogP contribution < -0.4 is 9.64 Å². The van der Waals surface area contributed by atoms with E-state index in [0.29, 0.717) is 44.8 Å². The number of H-pyrrole nitrogens is 1. The predicted molar refractivity (Wildman–Crippen MR) is 138 cm³/mol. The Kier molecular flexibility index (Phi) is 6.73. The molecule has 2 fully saturated rings. The molecule has 2 aromatic heterocycles. The molecule has 0 saturated carbocycles. The van der Waals surface area contributed by atoms with E-state index in [-0.39, 0.29) is 12.1 Å². The van der Waals surface area contributed by atoms with Gasteiger partial charge in [0.25, 0.3) is 0 Å². The minimum Gasteiger partial charge on any atom is -0.497 e. The number of piperidine rings is 1. The lowest BCUT2D eigenvalue weighted by atomic mass is 9.86. The van der Waals surface area contributed by atoms with Crippen molar-refractivity contribution in [3.63, 3.8) is 0 Å².